The lowest BCUT2D eigenvalue weighted by Gasteiger charge is -2.18. The van der Waals surface area contributed by atoms with Crippen molar-refractivity contribution in [2.45, 2.75) is 92.4 Å². The van der Waals surface area contributed by atoms with E-state index >= 15 is 0 Å². The first kappa shape index (κ1) is 21.9. The van der Waals surface area contributed by atoms with Crippen molar-refractivity contribution >= 4 is 5.57 Å². The first-order valence-corrected chi connectivity index (χ1v) is 11.9. The van der Waals surface area contributed by atoms with Crippen molar-refractivity contribution in [1.82, 2.24) is 0 Å². The van der Waals surface area contributed by atoms with Gasteiger partial charge in [-0.15, -0.1) is 0 Å². The van der Waals surface area contributed by atoms with Gasteiger partial charge in [0.25, 0.3) is 0 Å². The highest BCUT2D eigenvalue weighted by atomic mass is 14.4. The molecule has 0 heteroatoms. The van der Waals surface area contributed by atoms with Crippen LogP contribution in [0, 0.1) is 12.3 Å². The molecule has 0 aromatic heterocycles. The molecule has 0 amide bonds. The summed E-state index contributed by atoms with van der Waals surface area (Å²) in [6, 6.07) is 16.1. The van der Waals surface area contributed by atoms with Gasteiger partial charge in [-0.1, -0.05) is 101 Å². The van der Waals surface area contributed by atoms with Crippen molar-refractivity contribution in [2.24, 2.45) is 5.41 Å². The molecule has 0 heterocycles. The maximum absolute atomic E-state index is 2.40. The molecule has 0 bridgehead atoms. The van der Waals surface area contributed by atoms with Gasteiger partial charge in [0.1, 0.15) is 0 Å². The summed E-state index contributed by atoms with van der Waals surface area (Å²) in [6.07, 6.45) is 11.5. The SMILES string of the molecule is CCC1(C)CC1.CCCC(CCC)=C1c2ccccc2CCc2cc(C)ccc21. The van der Waals surface area contributed by atoms with E-state index in [-0.39, 0.29) is 0 Å². The summed E-state index contributed by atoms with van der Waals surface area (Å²) < 4.78 is 0. The Labute approximate surface area is 179 Å². The molecule has 29 heavy (non-hydrogen) atoms. The molecule has 2 aromatic carbocycles. The number of allylic oxidation sites excluding steroid dienone is 1. The summed E-state index contributed by atoms with van der Waals surface area (Å²) in [7, 11) is 0. The summed E-state index contributed by atoms with van der Waals surface area (Å²) in [6.45, 7) is 11.4. The smallest absolute Gasteiger partial charge is 0.0114 e. The molecule has 2 aromatic rings. The number of aryl methyl sites for hydroxylation is 3. The Morgan fingerprint density at radius 3 is 2.03 bits per heavy atom. The van der Waals surface area contributed by atoms with Gasteiger partial charge in [0.2, 0.25) is 0 Å². The Morgan fingerprint density at radius 2 is 1.45 bits per heavy atom. The second kappa shape index (κ2) is 9.79. The van der Waals surface area contributed by atoms with E-state index < -0.39 is 0 Å². The van der Waals surface area contributed by atoms with Gasteiger partial charge < -0.3 is 0 Å². The van der Waals surface area contributed by atoms with Crippen LogP contribution in [0.4, 0.5) is 0 Å². The fourth-order valence-electron chi connectivity index (χ4n) is 4.50. The summed E-state index contributed by atoms with van der Waals surface area (Å²) in [5.74, 6) is 0. The molecular formula is C29H40. The van der Waals surface area contributed by atoms with Crippen LogP contribution in [0.15, 0.2) is 48.0 Å². The largest absolute Gasteiger partial charge is 0.0651 e. The van der Waals surface area contributed by atoms with E-state index in [9.17, 15) is 0 Å². The van der Waals surface area contributed by atoms with Crippen molar-refractivity contribution in [3.05, 3.63) is 75.9 Å². The van der Waals surface area contributed by atoms with Crippen LogP contribution in [-0.2, 0) is 12.8 Å². The molecule has 2 aliphatic rings. The van der Waals surface area contributed by atoms with Gasteiger partial charge in [-0.3, -0.25) is 0 Å². The Bertz CT molecular complexity index is 840. The second-order valence-corrected chi connectivity index (χ2v) is 9.46. The maximum atomic E-state index is 2.40. The number of benzene rings is 2. The van der Waals surface area contributed by atoms with Crippen molar-refractivity contribution < 1.29 is 0 Å². The van der Waals surface area contributed by atoms with E-state index in [1.54, 1.807) is 5.57 Å². The highest BCUT2D eigenvalue weighted by Crippen LogP contribution is 2.47. The number of rotatable bonds is 5. The van der Waals surface area contributed by atoms with Crippen LogP contribution < -0.4 is 0 Å². The topological polar surface area (TPSA) is 0 Å². The van der Waals surface area contributed by atoms with Crippen molar-refractivity contribution in [3.8, 4) is 0 Å². The van der Waals surface area contributed by atoms with E-state index in [4.69, 9.17) is 0 Å². The fourth-order valence-corrected chi connectivity index (χ4v) is 4.50. The quantitative estimate of drug-likeness (QED) is 0.480. The minimum atomic E-state index is 0.792. The molecule has 0 aliphatic heterocycles. The van der Waals surface area contributed by atoms with E-state index in [0.717, 1.165) is 18.3 Å². The zero-order valence-corrected chi connectivity index (χ0v) is 19.4. The predicted molar refractivity (Wildman–Crippen MR) is 128 cm³/mol. The second-order valence-electron chi connectivity index (χ2n) is 9.46. The van der Waals surface area contributed by atoms with E-state index in [1.165, 1.54) is 78.3 Å². The molecule has 0 radical (unpaired) electrons. The van der Waals surface area contributed by atoms with Crippen LogP contribution in [-0.4, -0.2) is 0 Å². The van der Waals surface area contributed by atoms with Gasteiger partial charge in [-0.25, -0.2) is 0 Å². The summed E-state index contributed by atoms with van der Waals surface area (Å²) >= 11 is 0. The Morgan fingerprint density at radius 1 is 0.828 bits per heavy atom. The van der Waals surface area contributed by atoms with Gasteiger partial charge in [0.05, 0.1) is 0 Å². The molecule has 0 atom stereocenters. The Hall–Kier alpha value is -1.82. The van der Waals surface area contributed by atoms with Crippen LogP contribution in [0.2, 0.25) is 0 Å². The van der Waals surface area contributed by atoms with Gasteiger partial charge in [-0.2, -0.15) is 0 Å². The summed E-state index contributed by atoms with van der Waals surface area (Å²) in [5, 5.41) is 0. The highest BCUT2D eigenvalue weighted by Gasteiger charge is 2.34. The van der Waals surface area contributed by atoms with E-state index in [2.05, 4.69) is 77.1 Å². The van der Waals surface area contributed by atoms with Gasteiger partial charge in [0, 0.05) is 0 Å². The molecular weight excluding hydrogens is 348 g/mol. The number of hydrogen-bond donors (Lipinski definition) is 0. The molecule has 0 unspecified atom stereocenters. The lowest BCUT2D eigenvalue weighted by Crippen LogP contribution is -1.98. The third-order valence-corrected chi connectivity index (χ3v) is 6.89. The predicted octanol–water partition coefficient (Wildman–Crippen LogP) is 8.69. The molecule has 1 fully saturated rings. The normalized spacial score (nSPS) is 16.1. The molecule has 156 valence electrons. The molecule has 4 rings (SSSR count). The summed E-state index contributed by atoms with van der Waals surface area (Å²) in [4.78, 5) is 0. The Balaban J connectivity index is 0.000000343. The van der Waals surface area contributed by atoms with Crippen LogP contribution in [0.25, 0.3) is 5.57 Å². The van der Waals surface area contributed by atoms with Crippen LogP contribution in [0.5, 0.6) is 0 Å². The zero-order valence-electron chi connectivity index (χ0n) is 19.4. The van der Waals surface area contributed by atoms with Crippen molar-refractivity contribution in [2.75, 3.05) is 0 Å². The van der Waals surface area contributed by atoms with Crippen LogP contribution in [0.1, 0.15) is 100 Å². The first-order valence-electron chi connectivity index (χ1n) is 11.9. The molecule has 0 N–H and O–H groups in total. The first-order chi connectivity index (χ1) is 14.0. The maximum Gasteiger partial charge on any atom is -0.0114 e. The van der Waals surface area contributed by atoms with Crippen LogP contribution >= 0.6 is 0 Å². The van der Waals surface area contributed by atoms with E-state index in [0.29, 0.717) is 0 Å². The molecule has 2 aliphatic carbocycles. The number of hydrogen-bond acceptors (Lipinski definition) is 0. The van der Waals surface area contributed by atoms with Gasteiger partial charge >= 0.3 is 0 Å². The average molecular weight is 389 g/mol. The monoisotopic (exact) mass is 388 g/mol. The molecule has 0 spiro atoms. The van der Waals surface area contributed by atoms with E-state index in [1.807, 2.05) is 0 Å². The lowest BCUT2D eigenvalue weighted by molar-refractivity contribution is 0.551. The van der Waals surface area contributed by atoms with Crippen molar-refractivity contribution in [1.29, 1.82) is 0 Å². The van der Waals surface area contributed by atoms with Crippen LogP contribution in [0.3, 0.4) is 0 Å². The highest BCUT2D eigenvalue weighted by molar-refractivity contribution is 5.86. The molecule has 1 saturated carbocycles. The standard InChI is InChI=1S/C23H28.C6H12/c1-4-8-19(9-5-2)23-21-11-7-6-10-18(21)13-14-20-16-17(3)12-15-22(20)23;1-3-6(2)4-5-6/h6-7,10-12,15-16H,4-5,8-9,13-14H2,1-3H3;3-5H2,1-2H3. The van der Waals surface area contributed by atoms with Gasteiger partial charge in [-0.05, 0) is 78.7 Å². The van der Waals surface area contributed by atoms with Crippen molar-refractivity contribution in [3.63, 3.8) is 0 Å². The molecule has 0 nitrogen and oxygen atoms in total. The summed E-state index contributed by atoms with van der Waals surface area (Å²) in [5.41, 5.74) is 11.4. The van der Waals surface area contributed by atoms with Gasteiger partial charge in [0.15, 0.2) is 0 Å². The minimum absolute atomic E-state index is 0.792. The molecule has 0 saturated heterocycles. The average Bonchev–Trinajstić information content (AvgIpc) is 3.49. The third-order valence-electron chi connectivity index (χ3n) is 6.89. The zero-order chi connectivity index (χ0) is 20.9. The lowest BCUT2D eigenvalue weighted by atomic mass is 9.86. The fraction of sp³-hybridized carbons (Fsp3) is 0.517. The number of fused-ring (bicyclic) bond motifs is 2. The minimum Gasteiger partial charge on any atom is -0.0651 e. The Kier molecular flexibility index (Phi) is 7.38. The third kappa shape index (κ3) is 5.41.